The van der Waals surface area contributed by atoms with Gasteiger partial charge in [0.15, 0.2) is 0 Å². The minimum absolute atomic E-state index is 0.0669. The van der Waals surface area contributed by atoms with Crippen molar-refractivity contribution in [2.75, 3.05) is 22.5 Å². The number of carbonyl (C=O) groups is 2. The van der Waals surface area contributed by atoms with Crippen molar-refractivity contribution < 1.29 is 9.59 Å². The first kappa shape index (κ1) is 18.5. The van der Waals surface area contributed by atoms with E-state index in [2.05, 4.69) is 12.2 Å². The number of halogens is 2. The van der Waals surface area contributed by atoms with Crippen LogP contribution in [0.25, 0.3) is 0 Å². The van der Waals surface area contributed by atoms with E-state index in [-0.39, 0.29) is 34.0 Å². The van der Waals surface area contributed by atoms with Gasteiger partial charge in [0.25, 0.3) is 0 Å². The Balaban J connectivity index is 1.70. The maximum absolute atomic E-state index is 12.5. The summed E-state index contributed by atoms with van der Waals surface area (Å²) < 4.78 is 0. The smallest absolute Gasteiger partial charge is 0.229 e. The van der Waals surface area contributed by atoms with Gasteiger partial charge in [-0.25, -0.2) is 0 Å². The second kappa shape index (κ2) is 7.56. The Kier molecular flexibility index (Phi) is 5.39. The van der Waals surface area contributed by atoms with Gasteiger partial charge in [-0.3, -0.25) is 9.59 Å². The molecule has 0 radical (unpaired) electrons. The summed E-state index contributed by atoms with van der Waals surface area (Å²) in [5, 5.41) is 3.30. The largest absolute Gasteiger partial charge is 0.396 e. The third-order valence-corrected chi connectivity index (χ3v) is 5.12. The number of nitrogen functional groups attached to an aromatic ring is 1. The lowest BCUT2D eigenvalue weighted by molar-refractivity contribution is -0.122. The van der Waals surface area contributed by atoms with Crippen molar-refractivity contribution in [2.45, 2.75) is 19.8 Å². The van der Waals surface area contributed by atoms with Gasteiger partial charge in [0.2, 0.25) is 11.8 Å². The molecule has 1 heterocycles. The molecule has 0 spiro atoms. The molecular formula is C19H19Cl2N3O2. The van der Waals surface area contributed by atoms with E-state index in [0.29, 0.717) is 12.2 Å². The van der Waals surface area contributed by atoms with E-state index >= 15 is 0 Å². The Morgan fingerprint density at radius 3 is 2.42 bits per heavy atom. The van der Waals surface area contributed by atoms with E-state index in [0.717, 1.165) is 12.1 Å². The Morgan fingerprint density at radius 2 is 1.85 bits per heavy atom. The van der Waals surface area contributed by atoms with Crippen molar-refractivity contribution in [3.05, 3.63) is 52.0 Å². The third-order valence-electron chi connectivity index (χ3n) is 4.50. The van der Waals surface area contributed by atoms with Crippen LogP contribution in [0.15, 0.2) is 36.4 Å². The van der Waals surface area contributed by atoms with Crippen molar-refractivity contribution >= 4 is 52.1 Å². The predicted molar refractivity (Wildman–Crippen MR) is 106 cm³/mol. The van der Waals surface area contributed by atoms with Gasteiger partial charge >= 0.3 is 0 Å². The third kappa shape index (κ3) is 3.79. The molecule has 0 bridgehead atoms. The van der Waals surface area contributed by atoms with Gasteiger partial charge in [-0.15, -0.1) is 0 Å². The molecular weight excluding hydrogens is 373 g/mol. The van der Waals surface area contributed by atoms with Crippen molar-refractivity contribution in [1.82, 2.24) is 0 Å². The molecule has 2 aromatic rings. The maximum atomic E-state index is 12.5. The number of benzene rings is 2. The van der Waals surface area contributed by atoms with E-state index in [1.807, 2.05) is 24.3 Å². The first-order chi connectivity index (χ1) is 12.4. The molecule has 136 valence electrons. The SMILES string of the molecule is CCc1ccc(N2C[C@H](C(=O)Nc3cc(Cl)c(N)c(Cl)c3)CC2=O)cc1. The molecule has 3 N–H and O–H groups in total. The number of anilines is 3. The summed E-state index contributed by atoms with van der Waals surface area (Å²) in [5.41, 5.74) is 8.43. The standard InChI is InChI=1S/C19H19Cl2N3O2/c1-2-11-3-5-14(6-4-11)24-10-12(7-17(24)25)19(26)23-13-8-15(20)18(22)16(21)9-13/h3-6,8-9,12H,2,7,10,22H2,1H3,(H,23,26)/t12-/m1/s1. The van der Waals surface area contributed by atoms with Gasteiger partial charge in [-0.1, -0.05) is 42.3 Å². The van der Waals surface area contributed by atoms with Crippen LogP contribution in [0.4, 0.5) is 17.1 Å². The van der Waals surface area contributed by atoms with Gasteiger partial charge in [-0.2, -0.15) is 0 Å². The topological polar surface area (TPSA) is 75.4 Å². The van der Waals surface area contributed by atoms with Gasteiger partial charge in [0.1, 0.15) is 0 Å². The molecule has 1 fully saturated rings. The van der Waals surface area contributed by atoms with Crippen LogP contribution in [0.3, 0.4) is 0 Å². The molecule has 7 heteroatoms. The zero-order valence-corrected chi connectivity index (χ0v) is 15.8. The molecule has 0 saturated carbocycles. The van der Waals surface area contributed by atoms with Crippen molar-refractivity contribution in [3.63, 3.8) is 0 Å². The highest BCUT2D eigenvalue weighted by atomic mass is 35.5. The van der Waals surface area contributed by atoms with Crippen LogP contribution < -0.4 is 16.0 Å². The zero-order chi connectivity index (χ0) is 18.8. The van der Waals surface area contributed by atoms with Crippen LogP contribution in [0, 0.1) is 5.92 Å². The Hall–Kier alpha value is -2.24. The van der Waals surface area contributed by atoms with Crippen LogP contribution in [-0.4, -0.2) is 18.4 Å². The number of nitrogens with one attached hydrogen (secondary N) is 1. The number of nitrogens with two attached hydrogens (primary N) is 1. The average Bonchev–Trinajstić information content (AvgIpc) is 3.01. The lowest BCUT2D eigenvalue weighted by Crippen LogP contribution is -2.28. The van der Waals surface area contributed by atoms with Crippen molar-refractivity contribution in [2.24, 2.45) is 5.92 Å². The summed E-state index contributed by atoms with van der Waals surface area (Å²) >= 11 is 12.0. The first-order valence-electron chi connectivity index (χ1n) is 8.33. The first-order valence-corrected chi connectivity index (χ1v) is 9.09. The molecule has 0 unspecified atom stereocenters. The summed E-state index contributed by atoms with van der Waals surface area (Å²) in [7, 11) is 0. The summed E-state index contributed by atoms with van der Waals surface area (Å²) in [5.74, 6) is -0.755. The average molecular weight is 392 g/mol. The molecule has 0 aliphatic carbocycles. The fraction of sp³-hybridized carbons (Fsp3) is 0.263. The minimum Gasteiger partial charge on any atom is -0.396 e. The maximum Gasteiger partial charge on any atom is 0.229 e. The summed E-state index contributed by atoms with van der Waals surface area (Å²) in [4.78, 5) is 26.5. The summed E-state index contributed by atoms with van der Waals surface area (Å²) in [6.45, 7) is 2.42. The monoisotopic (exact) mass is 391 g/mol. The lowest BCUT2D eigenvalue weighted by Gasteiger charge is -2.17. The Bertz CT molecular complexity index is 829. The second-order valence-electron chi connectivity index (χ2n) is 6.27. The van der Waals surface area contributed by atoms with E-state index in [9.17, 15) is 9.59 Å². The number of carbonyl (C=O) groups excluding carboxylic acids is 2. The fourth-order valence-electron chi connectivity index (χ4n) is 2.95. The Labute approximate surface area is 162 Å². The Morgan fingerprint density at radius 1 is 1.23 bits per heavy atom. The van der Waals surface area contributed by atoms with Crippen molar-refractivity contribution in [1.29, 1.82) is 0 Å². The number of rotatable bonds is 4. The predicted octanol–water partition coefficient (Wildman–Crippen LogP) is 4.13. The van der Waals surface area contributed by atoms with Crippen LogP contribution in [0.2, 0.25) is 10.0 Å². The number of hydrogen-bond donors (Lipinski definition) is 2. The molecule has 1 aliphatic rings. The van der Waals surface area contributed by atoms with Gasteiger partial charge in [0.05, 0.1) is 21.7 Å². The minimum atomic E-state index is -0.441. The van der Waals surface area contributed by atoms with Crippen LogP contribution in [-0.2, 0) is 16.0 Å². The molecule has 5 nitrogen and oxygen atoms in total. The number of nitrogens with zero attached hydrogens (tertiary/aromatic N) is 1. The van der Waals surface area contributed by atoms with Gasteiger partial charge < -0.3 is 16.0 Å². The molecule has 2 amide bonds. The number of amides is 2. The van der Waals surface area contributed by atoms with Crippen LogP contribution in [0.5, 0.6) is 0 Å². The van der Waals surface area contributed by atoms with E-state index in [1.54, 1.807) is 17.0 Å². The molecule has 1 atom stereocenters. The van der Waals surface area contributed by atoms with E-state index in [1.165, 1.54) is 5.56 Å². The second-order valence-corrected chi connectivity index (χ2v) is 7.08. The summed E-state index contributed by atoms with van der Waals surface area (Å²) in [6, 6.07) is 10.9. The van der Waals surface area contributed by atoms with Crippen molar-refractivity contribution in [3.8, 4) is 0 Å². The zero-order valence-electron chi connectivity index (χ0n) is 14.3. The highest BCUT2D eigenvalue weighted by molar-refractivity contribution is 6.39. The summed E-state index contributed by atoms with van der Waals surface area (Å²) in [6.07, 6.45) is 1.10. The molecule has 1 saturated heterocycles. The van der Waals surface area contributed by atoms with E-state index < -0.39 is 5.92 Å². The number of hydrogen-bond acceptors (Lipinski definition) is 3. The fourth-order valence-corrected chi connectivity index (χ4v) is 3.43. The molecule has 26 heavy (non-hydrogen) atoms. The van der Waals surface area contributed by atoms with E-state index in [4.69, 9.17) is 28.9 Å². The highest BCUT2D eigenvalue weighted by Crippen LogP contribution is 2.32. The molecule has 1 aliphatic heterocycles. The lowest BCUT2D eigenvalue weighted by atomic mass is 10.1. The normalized spacial score (nSPS) is 16.8. The quantitative estimate of drug-likeness (QED) is 0.769. The van der Waals surface area contributed by atoms with Gasteiger partial charge in [-0.05, 0) is 36.2 Å². The highest BCUT2D eigenvalue weighted by Gasteiger charge is 2.35. The van der Waals surface area contributed by atoms with Gasteiger partial charge in [0, 0.05) is 24.3 Å². The van der Waals surface area contributed by atoms with Crippen LogP contribution >= 0.6 is 23.2 Å². The molecule has 3 rings (SSSR count). The van der Waals surface area contributed by atoms with Crippen LogP contribution in [0.1, 0.15) is 18.9 Å². The number of aryl methyl sites for hydroxylation is 1. The molecule has 2 aromatic carbocycles. The molecule has 0 aromatic heterocycles.